The zero-order valence-electron chi connectivity index (χ0n) is 11.8. The summed E-state index contributed by atoms with van der Waals surface area (Å²) < 4.78 is 1.11. The van der Waals surface area contributed by atoms with Gasteiger partial charge in [0.05, 0.1) is 9.26 Å². The third-order valence-electron chi connectivity index (χ3n) is 3.58. The number of aryl methyl sites for hydroxylation is 1. The Kier molecular flexibility index (Phi) is 3.92. The number of hydrogen-bond acceptors (Lipinski definition) is 3. The number of anilines is 1. The van der Waals surface area contributed by atoms with Crippen LogP contribution in [0.15, 0.2) is 24.3 Å². The van der Waals surface area contributed by atoms with Gasteiger partial charge in [0.25, 0.3) is 0 Å². The molecule has 20 heavy (non-hydrogen) atoms. The fourth-order valence-corrected chi connectivity index (χ4v) is 2.85. The lowest BCUT2D eigenvalue weighted by molar-refractivity contribution is 1.05. The van der Waals surface area contributed by atoms with Gasteiger partial charge in [-0.05, 0) is 60.8 Å². The monoisotopic (exact) mass is 379 g/mol. The molecule has 1 fully saturated rings. The lowest BCUT2D eigenvalue weighted by Crippen LogP contribution is -2.06. The van der Waals surface area contributed by atoms with E-state index in [1.54, 1.807) is 0 Å². The van der Waals surface area contributed by atoms with E-state index in [1.807, 2.05) is 6.92 Å². The van der Waals surface area contributed by atoms with E-state index in [1.165, 1.54) is 24.0 Å². The summed E-state index contributed by atoms with van der Waals surface area (Å²) in [6.45, 7) is 5.01. The van der Waals surface area contributed by atoms with Crippen LogP contribution in [0.4, 0.5) is 5.82 Å². The van der Waals surface area contributed by atoms with Gasteiger partial charge in [-0.25, -0.2) is 9.97 Å². The number of halogens is 1. The molecule has 1 saturated carbocycles. The van der Waals surface area contributed by atoms with Gasteiger partial charge in [0.1, 0.15) is 5.82 Å². The molecular formula is C16H18IN3. The van der Waals surface area contributed by atoms with Crippen molar-refractivity contribution in [1.29, 1.82) is 0 Å². The molecule has 3 nitrogen and oxygen atoms in total. The Hall–Kier alpha value is -1.17. The molecule has 0 amide bonds. The second-order valence-corrected chi connectivity index (χ2v) is 6.27. The highest BCUT2D eigenvalue weighted by Gasteiger charge is 2.27. The Labute approximate surface area is 133 Å². The molecule has 1 aliphatic rings. The van der Waals surface area contributed by atoms with E-state index >= 15 is 0 Å². The van der Waals surface area contributed by atoms with E-state index in [2.05, 4.69) is 59.1 Å². The fraction of sp³-hybridized carbons (Fsp3) is 0.375. The average molecular weight is 379 g/mol. The summed E-state index contributed by atoms with van der Waals surface area (Å²) in [6.07, 6.45) is 2.58. The zero-order chi connectivity index (χ0) is 14.1. The summed E-state index contributed by atoms with van der Waals surface area (Å²) in [5, 5.41) is 3.33. The topological polar surface area (TPSA) is 37.8 Å². The van der Waals surface area contributed by atoms with Crippen molar-refractivity contribution in [2.24, 2.45) is 0 Å². The van der Waals surface area contributed by atoms with E-state index < -0.39 is 0 Å². The van der Waals surface area contributed by atoms with E-state index in [-0.39, 0.29) is 0 Å². The van der Waals surface area contributed by atoms with Crippen molar-refractivity contribution in [3.63, 3.8) is 0 Å². The van der Waals surface area contributed by atoms with Gasteiger partial charge in [-0.3, -0.25) is 0 Å². The number of nitrogens with one attached hydrogen (secondary N) is 1. The molecular weight excluding hydrogens is 361 g/mol. The number of benzene rings is 1. The first kappa shape index (κ1) is 13.8. The molecule has 0 atom stereocenters. The zero-order valence-corrected chi connectivity index (χ0v) is 13.9. The third-order valence-corrected chi connectivity index (χ3v) is 4.87. The Bertz CT molecular complexity index is 636. The van der Waals surface area contributed by atoms with Crippen LogP contribution in [0.2, 0.25) is 0 Å². The molecule has 0 unspecified atom stereocenters. The van der Waals surface area contributed by atoms with Crippen molar-refractivity contribution in [2.45, 2.75) is 32.6 Å². The molecule has 104 valence electrons. The highest BCUT2D eigenvalue weighted by Crippen LogP contribution is 2.43. The van der Waals surface area contributed by atoms with Crippen LogP contribution >= 0.6 is 22.6 Å². The minimum atomic E-state index is 0.706. The maximum Gasteiger partial charge on any atom is 0.162 e. The van der Waals surface area contributed by atoms with E-state index in [4.69, 9.17) is 9.97 Å². The summed E-state index contributed by atoms with van der Waals surface area (Å²) in [4.78, 5) is 9.43. The second kappa shape index (κ2) is 5.68. The Balaban J connectivity index is 2.10. The maximum atomic E-state index is 4.73. The minimum Gasteiger partial charge on any atom is -0.369 e. The number of aromatic nitrogens is 2. The van der Waals surface area contributed by atoms with Crippen molar-refractivity contribution in [3.05, 3.63) is 39.1 Å². The molecule has 4 heteroatoms. The smallest absolute Gasteiger partial charge is 0.162 e. The van der Waals surface area contributed by atoms with Crippen LogP contribution in [-0.4, -0.2) is 16.5 Å². The molecule has 1 aliphatic carbocycles. The lowest BCUT2D eigenvalue weighted by atomic mass is 10.0. The standard InChI is InChI=1S/C16H18IN3/c1-3-18-16-14(17)10(2)19-15(20-16)13-7-5-4-6-12(13)11-8-9-11/h4-7,11H,3,8-9H2,1-2H3,(H,18,19,20). The number of hydrogen-bond donors (Lipinski definition) is 1. The third kappa shape index (κ3) is 2.66. The molecule has 0 aliphatic heterocycles. The molecule has 1 N–H and O–H groups in total. The van der Waals surface area contributed by atoms with Gasteiger partial charge < -0.3 is 5.32 Å². The molecule has 3 rings (SSSR count). The summed E-state index contributed by atoms with van der Waals surface area (Å²) in [6, 6.07) is 8.55. The van der Waals surface area contributed by atoms with Gasteiger partial charge >= 0.3 is 0 Å². The quantitative estimate of drug-likeness (QED) is 0.802. The molecule has 2 aromatic rings. The fourth-order valence-electron chi connectivity index (χ4n) is 2.42. The van der Waals surface area contributed by atoms with E-state index in [0.717, 1.165) is 27.5 Å². The SMILES string of the molecule is CCNc1nc(-c2ccccc2C2CC2)nc(C)c1I. The summed E-state index contributed by atoms with van der Waals surface area (Å²) in [5.41, 5.74) is 3.63. The molecule has 1 heterocycles. The molecule has 1 aromatic heterocycles. The largest absolute Gasteiger partial charge is 0.369 e. The van der Waals surface area contributed by atoms with Crippen molar-refractivity contribution in [1.82, 2.24) is 9.97 Å². The van der Waals surface area contributed by atoms with Crippen LogP contribution in [-0.2, 0) is 0 Å². The Morgan fingerprint density at radius 3 is 2.70 bits per heavy atom. The highest BCUT2D eigenvalue weighted by atomic mass is 127. The normalized spacial score (nSPS) is 14.3. The lowest BCUT2D eigenvalue weighted by Gasteiger charge is -2.12. The van der Waals surface area contributed by atoms with Crippen LogP contribution in [0, 0.1) is 10.5 Å². The molecule has 0 radical (unpaired) electrons. The van der Waals surface area contributed by atoms with Crippen LogP contribution in [0.25, 0.3) is 11.4 Å². The van der Waals surface area contributed by atoms with Gasteiger partial charge in [0, 0.05) is 12.1 Å². The number of nitrogens with zero attached hydrogens (tertiary/aromatic N) is 2. The second-order valence-electron chi connectivity index (χ2n) is 5.19. The first-order chi connectivity index (χ1) is 9.70. The molecule has 1 aromatic carbocycles. The van der Waals surface area contributed by atoms with Crippen molar-refractivity contribution in [2.75, 3.05) is 11.9 Å². The minimum absolute atomic E-state index is 0.706. The Morgan fingerprint density at radius 1 is 1.25 bits per heavy atom. The Morgan fingerprint density at radius 2 is 2.00 bits per heavy atom. The first-order valence-electron chi connectivity index (χ1n) is 7.08. The number of rotatable bonds is 4. The van der Waals surface area contributed by atoms with Crippen LogP contribution in [0.5, 0.6) is 0 Å². The van der Waals surface area contributed by atoms with Gasteiger partial charge in [0.15, 0.2) is 5.82 Å². The highest BCUT2D eigenvalue weighted by molar-refractivity contribution is 14.1. The van der Waals surface area contributed by atoms with Crippen LogP contribution in [0.1, 0.15) is 36.9 Å². The molecule has 0 saturated heterocycles. The summed E-state index contributed by atoms with van der Waals surface area (Å²) in [5.74, 6) is 2.50. The maximum absolute atomic E-state index is 4.73. The van der Waals surface area contributed by atoms with Gasteiger partial charge in [0.2, 0.25) is 0 Å². The van der Waals surface area contributed by atoms with Crippen molar-refractivity contribution < 1.29 is 0 Å². The predicted molar refractivity (Wildman–Crippen MR) is 91.1 cm³/mol. The molecule has 0 bridgehead atoms. The summed E-state index contributed by atoms with van der Waals surface area (Å²) in [7, 11) is 0. The van der Waals surface area contributed by atoms with E-state index in [0.29, 0.717) is 5.92 Å². The molecule has 0 spiro atoms. The average Bonchev–Trinajstić information content (AvgIpc) is 3.28. The van der Waals surface area contributed by atoms with Crippen molar-refractivity contribution in [3.8, 4) is 11.4 Å². The van der Waals surface area contributed by atoms with Crippen LogP contribution in [0.3, 0.4) is 0 Å². The van der Waals surface area contributed by atoms with Crippen LogP contribution < -0.4 is 5.32 Å². The van der Waals surface area contributed by atoms with Gasteiger partial charge in [-0.2, -0.15) is 0 Å². The predicted octanol–water partition coefficient (Wildman–Crippen LogP) is 4.37. The van der Waals surface area contributed by atoms with Gasteiger partial charge in [-0.15, -0.1) is 0 Å². The first-order valence-corrected chi connectivity index (χ1v) is 8.16. The van der Waals surface area contributed by atoms with E-state index in [9.17, 15) is 0 Å². The van der Waals surface area contributed by atoms with Crippen molar-refractivity contribution >= 4 is 28.4 Å². The summed E-state index contributed by atoms with van der Waals surface area (Å²) >= 11 is 2.31. The van der Waals surface area contributed by atoms with Gasteiger partial charge in [-0.1, -0.05) is 24.3 Å².